The van der Waals surface area contributed by atoms with Gasteiger partial charge in [0.1, 0.15) is 4.60 Å². The van der Waals surface area contributed by atoms with Crippen LogP contribution in [0.3, 0.4) is 0 Å². The Kier molecular flexibility index (Phi) is 3.39. The molecule has 2 bridgehead atoms. The minimum Gasteiger partial charge on any atom is -0.378 e. The number of fused-ring (bicyclic) bond motifs is 2. The van der Waals surface area contributed by atoms with Crippen molar-refractivity contribution < 1.29 is 14.1 Å². The molecule has 3 rings (SSSR count). The Bertz CT molecular complexity index is 448. The Morgan fingerprint density at radius 2 is 2.44 bits per heavy atom. The normalized spacial score (nSPS) is 30.4. The van der Waals surface area contributed by atoms with Crippen LogP contribution < -0.4 is 5.32 Å². The van der Waals surface area contributed by atoms with Crippen LogP contribution in [0.1, 0.15) is 29.8 Å². The zero-order chi connectivity index (χ0) is 12.5. The fraction of sp³-hybridized carbons (Fsp3) is 0.667. The van der Waals surface area contributed by atoms with Crippen molar-refractivity contribution in [2.24, 2.45) is 11.8 Å². The van der Waals surface area contributed by atoms with E-state index in [-0.39, 0.29) is 11.7 Å². The van der Waals surface area contributed by atoms with Gasteiger partial charge in [-0.05, 0) is 47.0 Å². The van der Waals surface area contributed by atoms with E-state index in [1.807, 2.05) is 0 Å². The first kappa shape index (κ1) is 12.2. The topological polar surface area (TPSA) is 64.4 Å². The summed E-state index contributed by atoms with van der Waals surface area (Å²) in [5, 5.41) is 6.55. The number of nitrogens with zero attached hydrogens (tertiary/aromatic N) is 1. The van der Waals surface area contributed by atoms with Gasteiger partial charge in [-0.15, -0.1) is 0 Å². The summed E-state index contributed by atoms with van der Waals surface area (Å²) in [6, 6.07) is 1.57. The lowest BCUT2D eigenvalue weighted by atomic mass is 9.80. The molecule has 1 aromatic heterocycles. The maximum Gasteiger partial charge on any atom is 0.289 e. The van der Waals surface area contributed by atoms with Crippen LogP contribution in [-0.2, 0) is 4.74 Å². The van der Waals surface area contributed by atoms with Gasteiger partial charge in [0.2, 0.25) is 5.76 Å². The van der Waals surface area contributed by atoms with Gasteiger partial charge in [-0.25, -0.2) is 0 Å². The van der Waals surface area contributed by atoms with Crippen molar-refractivity contribution in [2.45, 2.75) is 25.4 Å². The number of nitrogens with one attached hydrogen (secondary N) is 1. The van der Waals surface area contributed by atoms with E-state index in [0.717, 1.165) is 25.9 Å². The van der Waals surface area contributed by atoms with E-state index < -0.39 is 0 Å². The molecular weight excluding hydrogens is 300 g/mol. The molecule has 1 aliphatic heterocycles. The van der Waals surface area contributed by atoms with Gasteiger partial charge >= 0.3 is 0 Å². The monoisotopic (exact) mass is 314 g/mol. The molecule has 1 saturated carbocycles. The Morgan fingerprint density at radius 3 is 3.22 bits per heavy atom. The molecule has 6 heteroatoms. The van der Waals surface area contributed by atoms with Gasteiger partial charge in [-0.1, -0.05) is 5.16 Å². The predicted octanol–water partition coefficient (Wildman–Crippen LogP) is 1.98. The quantitative estimate of drug-likeness (QED) is 0.926. The summed E-state index contributed by atoms with van der Waals surface area (Å²) in [5.74, 6) is 1.18. The number of ether oxygens (including phenoxy) is 1. The molecule has 98 valence electrons. The van der Waals surface area contributed by atoms with Crippen LogP contribution in [0.15, 0.2) is 15.2 Å². The standard InChI is InChI=1S/C12H15BrN2O3/c13-11-4-10(18-15-11)12(16)14-5-7-1-2-9-3-8(7)6-17-9/h4,7-9H,1-3,5-6H2,(H,14,16). The van der Waals surface area contributed by atoms with Crippen LogP contribution in [0, 0.1) is 11.8 Å². The Labute approximate surface area is 113 Å². The Hall–Kier alpha value is -0.880. The lowest BCUT2D eigenvalue weighted by molar-refractivity contribution is 0.0901. The molecule has 2 heterocycles. The average molecular weight is 315 g/mol. The van der Waals surface area contributed by atoms with Crippen molar-refractivity contribution in [3.8, 4) is 0 Å². The van der Waals surface area contributed by atoms with Crippen molar-refractivity contribution in [3.05, 3.63) is 16.4 Å². The molecule has 1 aromatic rings. The minimum atomic E-state index is -0.200. The van der Waals surface area contributed by atoms with Gasteiger partial charge in [0.05, 0.1) is 12.7 Å². The minimum absolute atomic E-state index is 0.200. The molecule has 18 heavy (non-hydrogen) atoms. The second-order valence-electron chi connectivity index (χ2n) is 5.01. The summed E-state index contributed by atoms with van der Waals surface area (Å²) in [4.78, 5) is 11.8. The first-order chi connectivity index (χ1) is 8.72. The Morgan fingerprint density at radius 1 is 1.56 bits per heavy atom. The SMILES string of the molecule is O=C(NCC1CCC2CC1CO2)c1cc(Br)no1. The van der Waals surface area contributed by atoms with Crippen molar-refractivity contribution >= 4 is 21.8 Å². The van der Waals surface area contributed by atoms with E-state index in [0.29, 0.717) is 29.1 Å². The largest absolute Gasteiger partial charge is 0.378 e. The van der Waals surface area contributed by atoms with E-state index in [1.54, 1.807) is 6.07 Å². The average Bonchev–Trinajstić information content (AvgIpc) is 2.96. The fourth-order valence-corrected chi connectivity index (χ4v) is 3.12. The smallest absolute Gasteiger partial charge is 0.289 e. The summed E-state index contributed by atoms with van der Waals surface area (Å²) in [6.45, 7) is 1.54. The molecule has 1 aliphatic carbocycles. The number of hydrogen-bond donors (Lipinski definition) is 1. The highest BCUT2D eigenvalue weighted by Crippen LogP contribution is 2.37. The summed E-state index contributed by atoms with van der Waals surface area (Å²) in [7, 11) is 0. The number of halogens is 1. The maximum absolute atomic E-state index is 11.8. The molecular formula is C12H15BrN2O3. The second-order valence-corrected chi connectivity index (χ2v) is 5.82. The molecule has 0 aromatic carbocycles. The zero-order valence-electron chi connectivity index (χ0n) is 9.89. The molecule has 3 unspecified atom stereocenters. The number of amides is 1. The van der Waals surface area contributed by atoms with Gasteiger partial charge in [-0.3, -0.25) is 4.79 Å². The highest BCUT2D eigenvalue weighted by molar-refractivity contribution is 9.10. The first-order valence-electron chi connectivity index (χ1n) is 6.24. The molecule has 0 radical (unpaired) electrons. The molecule has 1 saturated heterocycles. The van der Waals surface area contributed by atoms with E-state index in [2.05, 4.69) is 26.4 Å². The summed E-state index contributed by atoms with van der Waals surface area (Å²) in [5.41, 5.74) is 0. The van der Waals surface area contributed by atoms with Gasteiger partial charge < -0.3 is 14.6 Å². The van der Waals surface area contributed by atoms with E-state index >= 15 is 0 Å². The van der Waals surface area contributed by atoms with Crippen molar-refractivity contribution in [2.75, 3.05) is 13.2 Å². The summed E-state index contributed by atoms with van der Waals surface area (Å²) < 4.78 is 11.1. The zero-order valence-corrected chi connectivity index (χ0v) is 11.5. The van der Waals surface area contributed by atoms with Crippen LogP contribution in [0.25, 0.3) is 0 Å². The van der Waals surface area contributed by atoms with Crippen molar-refractivity contribution in [3.63, 3.8) is 0 Å². The van der Waals surface area contributed by atoms with Gasteiger partial charge in [0.15, 0.2) is 0 Å². The third-order valence-corrected chi connectivity index (χ3v) is 4.24. The predicted molar refractivity (Wildman–Crippen MR) is 67.1 cm³/mol. The van der Waals surface area contributed by atoms with Crippen LogP contribution in [0.5, 0.6) is 0 Å². The maximum atomic E-state index is 11.8. The van der Waals surface area contributed by atoms with E-state index in [9.17, 15) is 4.79 Å². The molecule has 1 amide bonds. The van der Waals surface area contributed by atoms with Gasteiger partial charge in [-0.2, -0.15) is 0 Å². The van der Waals surface area contributed by atoms with Crippen LogP contribution in [0.2, 0.25) is 0 Å². The number of aromatic nitrogens is 1. The highest BCUT2D eigenvalue weighted by atomic mass is 79.9. The van der Waals surface area contributed by atoms with Crippen molar-refractivity contribution in [1.29, 1.82) is 0 Å². The summed E-state index contributed by atoms with van der Waals surface area (Å²) in [6.07, 6.45) is 3.86. The summed E-state index contributed by atoms with van der Waals surface area (Å²) >= 11 is 3.15. The van der Waals surface area contributed by atoms with Crippen molar-refractivity contribution in [1.82, 2.24) is 10.5 Å². The van der Waals surface area contributed by atoms with Crippen LogP contribution in [0.4, 0.5) is 0 Å². The highest BCUT2D eigenvalue weighted by Gasteiger charge is 2.36. The van der Waals surface area contributed by atoms with E-state index in [4.69, 9.17) is 9.26 Å². The molecule has 0 spiro atoms. The second kappa shape index (κ2) is 5.01. The van der Waals surface area contributed by atoms with Gasteiger partial charge in [0, 0.05) is 12.6 Å². The number of carbonyl (C=O) groups is 1. The third kappa shape index (κ3) is 2.44. The number of hydrogen-bond acceptors (Lipinski definition) is 4. The lowest BCUT2D eigenvalue weighted by Gasteiger charge is -2.26. The Balaban J connectivity index is 1.53. The van der Waals surface area contributed by atoms with Crippen LogP contribution in [-0.4, -0.2) is 30.3 Å². The van der Waals surface area contributed by atoms with E-state index in [1.165, 1.54) is 0 Å². The molecule has 1 N–H and O–H groups in total. The number of carbonyl (C=O) groups excluding carboxylic acids is 1. The van der Waals surface area contributed by atoms with Crippen LogP contribution >= 0.6 is 15.9 Å². The first-order valence-corrected chi connectivity index (χ1v) is 7.03. The molecule has 5 nitrogen and oxygen atoms in total. The molecule has 2 fully saturated rings. The van der Waals surface area contributed by atoms with Gasteiger partial charge in [0.25, 0.3) is 5.91 Å². The lowest BCUT2D eigenvalue weighted by Crippen LogP contribution is -2.34. The number of rotatable bonds is 3. The molecule has 2 aliphatic rings. The molecule has 3 atom stereocenters. The third-order valence-electron chi connectivity index (χ3n) is 3.87. The fourth-order valence-electron chi connectivity index (χ4n) is 2.84.